The first-order valence-electron chi connectivity index (χ1n) is 10.0. The minimum absolute atomic E-state index is 0.140. The van der Waals surface area contributed by atoms with E-state index in [1.165, 1.54) is 39.9 Å². The molecule has 7 nitrogen and oxygen atoms in total. The lowest BCUT2D eigenvalue weighted by molar-refractivity contribution is 0.1000. The van der Waals surface area contributed by atoms with Gasteiger partial charge < -0.3 is 11.1 Å². The van der Waals surface area contributed by atoms with E-state index >= 15 is 0 Å². The van der Waals surface area contributed by atoms with E-state index in [-0.39, 0.29) is 4.90 Å². The van der Waals surface area contributed by atoms with Crippen molar-refractivity contribution < 1.29 is 18.0 Å². The van der Waals surface area contributed by atoms with Crippen molar-refractivity contribution in [2.24, 2.45) is 11.7 Å². The van der Waals surface area contributed by atoms with Crippen LogP contribution in [0.25, 0.3) is 0 Å². The topological polar surface area (TPSA) is 110 Å². The molecule has 0 saturated carbocycles. The van der Waals surface area contributed by atoms with Gasteiger partial charge in [0, 0.05) is 23.5 Å². The highest BCUT2D eigenvalue weighted by atomic mass is 32.2. The van der Waals surface area contributed by atoms with Crippen LogP contribution in [0.15, 0.2) is 29.2 Å². The molecule has 1 aromatic carbocycles. The molecule has 1 atom stereocenters. The molecule has 1 aliphatic carbocycles. The Labute approximate surface area is 181 Å². The van der Waals surface area contributed by atoms with E-state index in [9.17, 15) is 18.0 Å². The molecular weight excluding hydrogens is 422 g/mol. The molecule has 1 unspecified atom stereocenters. The van der Waals surface area contributed by atoms with Crippen LogP contribution in [0.1, 0.15) is 58.3 Å². The number of amides is 2. The van der Waals surface area contributed by atoms with Crippen LogP contribution in [0.2, 0.25) is 0 Å². The van der Waals surface area contributed by atoms with Gasteiger partial charge in [-0.15, -0.1) is 11.3 Å². The van der Waals surface area contributed by atoms with Gasteiger partial charge in [0.05, 0.1) is 10.5 Å². The van der Waals surface area contributed by atoms with E-state index in [4.69, 9.17) is 5.73 Å². The maximum Gasteiger partial charge on any atom is 0.256 e. The summed E-state index contributed by atoms with van der Waals surface area (Å²) in [5.41, 5.74) is 7.25. The van der Waals surface area contributed by atoms with Crippen molar-refractivity contribution in [2.45, 2.75) is 44.9 Å². The molecule has 2 aromatic rings. The molecule has 30 heavy (non-hydrogen) atoms. The predicted molar refractivity (Wildman–Crippen MR) is 119 cm³/mol. The molecule has 0 radical (unpaired) electrons. The maximum absolute atomic E-state index is 12.8. The lowest BCUT2D eigenvalue weighted by Crippen LogP contribution is -2.30. The first-order valence-corrected chi connectivity index (χ1v) is 12.3. The molecule has 162 valence electrons. The maximum atomic E-state index is 12.8. The molecule has 9 heteroatoms. The molecule has 3 N–H and O–H groups in total. The zero-order valence-corrected chi connectivity index (χ0v) is 19.0. The number of nitrogens with one attached hydrogen (secondary N) is 1. The van der Waals surface area contributed by atoms with Gasteiger partial charge in [-0.05, 0) is 55.0 Å². The number of rotatable bonds is 7. The fraction of sp³-hybridized carbons (Fsp3) is 0.429. The molecule has 0 bridgehead atoms. The van der Waals surface area contributed by atoms with Gasteiger partial charge in [-0.1, -0.05) is 20.8 Å². The van der Waals surface area contributed by atoms with Crippen LogP contribution in [-0.4, -0.2) is 37.6 Å². The third-order valence-corrected chi connectivity index (χ3v) is 8.68. The molecular formula is C21H27N3O4S2. The van der Waals surface area contributed by atoms with Gasteiger partial charge in [-0.3, -0.25) is 9.59 Å². The van der Waals surface area contributed by atoms with Gasteiger partial charge in [0.1, 0.15) is 5.00 Å². The van der Waals surface area contributed by atoms with Gasteiger partial charge in [0.25, 0.3) is 11.8 Å². The van der Waals surface area contributed by atoms with Gasteiger partial charge in [-0.2, -0.15) is 4.31 Å². The number of fused-ring (bicyclic) bond motifs is 1. The Hall–Kier alpha value is -2.23. The summed E-state index contributed by atoms with van der Waals surface area (Å²) in [5, 5.41) is 3.27. The highest BCUT2D eigenvalue weighted by Crippen LogP contribution is 2.39. The summed E-state index contributed by atoms with van der Waals surface area (Å²) in [6.07, 6.45) is 2.63. The molecule has 0 spiro atoms. The average molecular weight is 450 g/mol. The number of hydrogen-bond donors (Lipinski definition) is 2. The molecule has 0 saturated heterocycles. The van der Waals surface area contributed by atoms with Crippen LogP contribution in [-0.2, 0) is 22.9 Å². The second-order valence-corrected chi connectivity index (χ2v) is 10.5. The van der Waals surface area contributed by atoms with Crippen LogP contribution < -0.4 is 11.1 Å². The fourth-order valence-corrected chi connectivity index (χ4v) is 6.63. The van der Waals surface area contributed by atoms with E-state index in [1.54, 1.807) is 13.8 Å². The quantitative estimate of drug-likeness (QED) is 0.676. The summed E-state index contributed by atoms with van der Waals surface area (Å²) >= 11 is 1.40. The van der Waals surface area contributed by atoms with Crippen LogP contribution in [0.5, 0.6) is 0 Å². The van der Waals surface area contributed by atoms with Gasteiger partial charge in [-0.25, -0.2) is 8.42 Å². The summed E-state index contributed by atoms with van der Waals surface area (Å²) in [6, 6.07) is 5.81. The van der Waals surface area contributed by atoms with Crippen molar-refractivity contribution in [1.82, 2.24) is 4.31 Å². The number of anilines is 1. The Morgan fingerprint density at radius 3 is 2.40 bits per heavy atom. The molecule has 1 aliphatic rings. The number of sulfonamides is 1. The van der Waals surface area contributed by atoms with Crippen LogP contribution in [0.3, 0.4) is 0 Å². The smallest absolute Gasteiger partial charge is 0.256 e. The number of nitrogens with zero attached hydrogens (tertiary/aromatic N) is 1. The highest BCUT2D eigenvalue weighted by Gasteiger charge is 2.27. The molecule has 3 rings (SSSR count). The number of nitrogens with two attached hydrogens (primary N) is 1. The zero-order chi connectivity index (χ0) is 22.1. The van der Waals surface area contributed by atoms with Crippen molar-refractivity contribution in [2.75, 3.05) is 18.4 Å². The number of hydrogen-bond acceptors (Lipinski definition) is 5. The standard InChI is InChI=1S/C21H27N3O4S2/c1-4-24(5-2)30(27,28)15-9-7-14(8-10-15)20(26)23-21-18(19(22)25)16-11-6-13(3)12-17(16)29-21/h7-10,13H,4-6,11-12H2,1-3H3,(H2,22,25)(H,23,26). The summed E-state index contributed by atoms with van der Waals surface area (Å²) in [5.74, 6) is -0.422. The van der Waals surface area contributed by atoms with E-state index in [0.29, 0.717) is 35.1 Å². The number of benzene rings is 1. The van der Waals surface area contributed by atoms with E-state index < -0.39 is 21.8 Å². The number of thiophene rings is 1. The molecule has 0 aliphatic heterocycles. The summed E-state index contributed by atoms with van der Waals surface area (Å²) in [7, 11) is -3.59. The monoisotopic (exact) mass is 449 g/mol. The Kier molecular flexibility index (Phi) is 6.64. The minimum atomic E-state index is -3.59. The summed E-state index contributed by atoms with van der Waals surface area (Å²) in [6.45, 7) is 6.47. The highest BCUT2D eigenvalue weighted by molar-refractivity contribution is 7.89. The van der Waals surface area contributed by atoms with Crippen LogP contribution in [0.4, 0.5) is 5.00 Å². The van der Waals surface area contributed by atoms with Crippen molar-refractivity contribution in [1.29, 1.82) is 0 Å². The number of carbonyl (C=O) groups excluding carboxylic acids is 2. The molecule has 1 aromatic heterocycles. The molecule has 1 heterocycles. The van der Waals surface area contributed by atoms with Crippen molar-refractivity contribution in [3.05, 3.63) is 45.8 Å². The zero-order valence-electron chi connectivity index (χ0n) is 17.4. The van der Waals surface area contributed by atoms with Crippen molar-refractivity contribution >= 4 is 38.2 Å². The SMILES string of the molecule is CCN(CC)S(=O)(=O)c1ccc(C(=O)Nc2sc3c(c2C(N)=O)CCC(C)C3)cc1. The second kappa shape index (κ2) is 8.87. The lowest BCUT2D eigenvalue weighted by Gasteiger charge is -2.18. The van der Waals surface area contributed by atoms with E-state index in [0.717, 1.165) is 29.7 Å². The molecule has 0 fully saturated rings. The first kappa shape index (κ1) is 22.5. The van der Waals surface area contributed by atoms with Crippen molar-refractivity contribution in [3.8, 4) is 0 Å². The first-order chi connectivity index (χ1) is 14.2. The van der Waals surface area contributed by atoms with Crippen LogP contribution >= 0.6 is 11.3 Å². The Bertz CT molecular complexity index is 1050. The van der Waals surface area contributed by atoms with Gasteiger partial charge >= 0.3 is 0 Å². The van der Waals surface area contributed by atoms with Gasteiger partial charge in [0.2, 0.25) is 10.0 Å². The van der Waals surface area contributed by atoms with E-state index in [2.05, 4.69) is 12.2 Å². The minimum Gasteiger partial charge on any atom is -0.365 e. The fourth-order valence-electron chi connectivity index (χ4n) is 3.77. The average Bonchev–Trinajstić information content (AvgIpc) is 3.05. The largest absolute Gasteiger partial charge is 0.365 e. The number of primary amides is 1. The Morgan fingerprint density at radius 2 is 1.83 bits per heavy atom. The third-order valence-electron chi connectivity index (χ3n) is 5.44. The third kappa shape index (κ3) is 4.28. The predicted octanol–water partition coefficient (Wildman–Crippen LogP) is 3.25. The normalized spacial score (nSPS) is 16.3. The van der Waals surface area contributed by atoms with E-state index in [1.807, 2.05) is 0 Å². The Balaban J connectivity index is 1.85. The lowest BCUT2D eigenvalue weighted by atomic mass is 9.88. The van der Waals surface area contributed by atoms with Gasteiger partial charge in [0.15, 0.2) is 0 Å². The summed E-state index contributed by atoms with van der Waals surface area (Å²) in [4.78, 5) is 26.0. The Morgan fingerprint density at radius 1 is 1.20 bits per heavy atom. The second-order valence-electron chi connectivity index (χ2n) is 7.49. The molecule has 2 amide bonds. The van der Waals surface area contributed by atoms with Crippen molar-refractivity contribution in [3.63, 3.8) is 0 Å². The number of carbonyl (C=O) groups is 2. The summed E-state index contributed by atoms with van der Waals surface area (Å²) < 4.78 is 26.6. The van der Waals surface area contributed by atoms with Crippen LogP contribution in [0, 0.1) is 5.92 Å².